The summed E-state index contributed by atoms with van der Waals surface area (Å²) in [6.45, 7) is 6.94. The molecule has 3 atom stereocenters. The quantitative estimate of drug-likeness (QED) is 0.331. The third-order valence-electron chi connectivity index (χ3n) is 8.10. The number of pyridine rings is 1. The van der Waals surface area contributed by atoms with E-state index < -0.39 is 11.7 Å². The summed E-state index contributed by atoms with van der Waals surface area (Å²) >= 11 is 0. The molecule has 7 heteroatoms. The number of rotatable bonds is 3. The Morgan fingerprint density at radius 1 is 0.941 bits per heavy atom. The molecule has 3 heterocycles. The van der Waals surface area contributed by atoms with E-state index >= 15 is 0 Å². The molecule has 4 aromatic rings. The Bertz CT molecular complexity index is 1430. The summed E-state index contributed by atoms with van der Waals surface area (Å²) in [7, 11) is 0. The molecule has 1 aliphatic carbocycles. The lowest BCUT2D eigenvalue weighted by Gasteiger charge is -2.25. The van der Waals surface area contributed by atoms with Gasteiger partial charge in [0.25, 0.3) is 0 Å². The van der Waals surface area contributed by atoms with Crippen LogP contribution in [-0.2, 0) is 17.1 Å². The van der Waals surface area contributed by atoms with Crippen LogP contribution in [-0.4, -0.2) is 10.2 Å². The number of nitrogens with zero attached hydrogens (tertiary/aromatic N) is 3. The van der Waals surface area contributed by atoms with Crippen molar-refractivity contribution in [2.75, 3.05) is 0 Å². The molecule has 1 aliphatic heterocycles. The molecular weight excluding hydrogens is 439 g/mol. The third kappa shape index (κ3) is 2.64. The number of alkyl halides is 3. The van der Waals surface area contributed by atoms with Crippen LogP contribution in [0.15, 0.2) is 71.3 Å². The maximum absolute atomic E-state index is 12.9. The van der Waals surface area contributed by atoms with Gasteiger partial charge < -0.3 is 4.42 Å². The van der Waals surface area contributed by atoms with Crippen molar-refractivity contribution in [3.8, 4) is 34.2 Å². The van der Waals surface area contributed by atoms with E-state index in [2.05, 4.69) is 66.0 Å². The van der Waals surface area contributed by atoms with Crippen LogP contribution in [0.1, 0.15) is 38.3 Å². The Kier molecular flexibility index (Phi) is 4.20. The molecule has 0 bridgehead atoms. The predicted molar refractivity (Wildman–Crippen MR) is 121 cm³/mol. The highest BCUT2D eigenvalue weighted by molar-refractivity contribution is 5.74. The van der Waals surface area contributed by atoms with Crippen LogP contribution in [0.5, 0.6) is 0 Å². The highest BCUT2D eigenvalue weighted by atomic mass is 19.4. The smallest absolute Gasteiger partial charge is 0.416 e. The van der Waals surface area contributed by atoms with Gasteiger partial charge in [-0.3, -0.25) is 0 Å². The van der Waals surface area contributed by atoms with Gasteiger partial charge in [-0.2, -0.15) is 17.7 Å². The maximum Gasteiger partial charge on any atom is 0.416 e. The van der Waals surface area contributed by atoms with Gasteiger partial charge in [0.1, 0.15) is 0 Å². The van der Waals surface area contributed by atoms with Crippen molar-refractivity contribution in [1.29, 1.82) is 0 Å². The minimum absolute atomic E-state index is 0.0348. The van der Waals surface area contributed by atoms with Crippen LogP contribution >= 0.6 is 0 Å². The molecule has 1 fully saturated rings. The average molecular weight is 462 g/mol. The molecule has 172 valence electrons. The van der Waals surface area contributed by atoms with Crippen LogP contribution in [0.3, 0.4) is 0 Å². The Morgan fingerprint density at radius 3 is 2.29 bits per heavy atom. The topological polar surface area (TPSA) is 42.8 Å². The van der Waals surface area contributed by atoms with Gasteiger partial charge in [0.15, 0.2) is 11.7 Å². The average Bonchev–Trinajstić information content (AvgIpc) is 3.13. The second-order valence-corrected chi connectivity index (χ2v) is 9.51. The first-order valence-electron chi connectivity index (χ1n) is 11.4. The highest BCUT2D eigenvalue weighted by Crippen LogP contribution is 2.69. The first-order chi connectivity index (χ1) is 16.2. The molecule has 1 saturated carbocycles. The van der Waals surface area contributed by atoms with Gasteiger partial charge in [0, 0.05) is 36.1 Å². The fourth-order valence-electron chi connectivity index (χ4n) is 6.24. The molecule has 0 N–H and O–H groups in total. The van der Waals surface area contributed by atoms with E-state index in [1.807, 2.05) is 12.1 Å². The molecule has 6 rings (SSSR count). The Hall–Kier alpha value is -3.48. The van der Waals surface area contributed by atoms with E-state index in [1.165, 1.54) is 17.7 Å². The zero-order chi connectivity index (χ0) is 23.9. The molecule has 2 aliphatic rings. The molecule has 0 saturated heterocycles. The third-order valence-corrected chi connectivity index (χ3v) is 8.10. The van der Waals surface area contributed by atoms with E-state index in [1.54, 1.807) is 0 Å². The minimum atomic E-state index is -4.39. The summed E-state index contributed by atoms with van der Waals surface area (Å²) in [4.78, 5) is 0. The lowest BCUT2D eigenvalue weighted by Crippen LogP contribution is -2.53. The lowest BCUT2D eigenvalue weighted by molar-refractivity contribution is -0.734. The molecule has 0 amide bonds. The van der Waals surface area contributed by atoms with Crippen molar-refractivity contribution >= 4 is 0 Å². The summed E-state index contributed by atoms with van der Waals surface area (Å²) in [6.07, 6.45) is -1.13. The summed E-state index contributed by atoms with van der Waals surface area (Å²) < 4.78 is 46.9. The van der Waals surface area contributed by atoms with Gasteiger partial charge >= 0.3 is 6.18 Å². The monoisotopic (exact) mass is 462 g/mol. The maximum atomic E-state index is 12.9. The molecule has 3 unspecified atom stereocenters. The van der Waals surface area contributed by atoms with E-state index in [0.717, 1.165) is 35.4 Å². The molecule has 2 aromatic carbocycles. The van der Waals surface area contributed by atoms with Crippen LogP contribution in [0.2, 0.25) is 0 Å². The molecule has 34 heavy (non-hydrogen) atoms. The van der Waals surface area contributed by atoms with Gasteiger partial charge in [-0.15, -0.1) is 10.2 Å². The standard InChI is InChI=1S/C27H23F3N3O/c1-4-22-25(2)20-13-10-17(15-19(20)21-7-5-6-14-33(21)26(22,25)3)24-32-31-23(34-24)16-8-11-18(12-9-16)27(28,29)30/h5-15,22H,4H2,1-3H3/q+1. The molecule has 0 radical (unpaired) electrons. The largest absolute Gasteiger partial charge is 0.416 e. The number of hydrogen-bond donors (Lipinski definition) is 0. The molecular formula is C27H23F3N3O+. The second-order valence-electron chi connectivity index (χ2n) is 9.51. The van der Waals surface area contributed by atoms with Crippen molar-refractivity contribution in [2.45, 2.75) is 44.3 Å². The summed E-state index contributed by atoms with van der Waals surface area (Å²) in [5.41, 5.74) is 4.19. The fraction of sp³-hybridized carbons (Fsp3) is 0.296. The summed E-state index contributed by atoms with van der Waals surface area (Å²) in [5.74, 6) is 1.05. The van der Waals surface area contributed by atoms with Gasteiger partial charge in [0.2, 0.25) is 17.5 Å². The van der Waals surface area contributed by atoms with Crippen LogP contribution < -0.4 is 4.57 Å². The fourth-order valence-corrected chi connectivity index (χ4v) is 6.24. The number of aromatic nitrogens is 3. The van der Waals surface area contributed by atoms with E-state index in [4.69, 9.17) is 4.42 Å². The van der Waals surface area contributed by atoms with Crippen molar-refractivity contribution in [1.82, 2.24) is 10.2 Å². The number of fused-ring (bicyclic) bond motifs is 6. The van der Waals surface area contributed by atoms with Crippen molar-refractivity contribution < 1.29 is 22.2 Å². The molecule has 4 nitrogen and oxygen atoms in total. The highest BCUT2D eigenvalue weighted by Gasteiger charge is 2.80. The predicted octanol–water partition coefficient (Wildman–Crippen LogP) is 6.40. The number of halogens is 3. The van der Waals surface area contributed by atoms with Gasteiger partial charge in [-0.25, -0.2) is 0 Å². The second kappa shape index (κ2) is 6.78. The van der Waals surface area contributed by atoms with E-state index in [0.29, 0.717) is 17.4 Å². The Balaban J connectivity index is 1.41. The lowest BCUT2D eigenvalue weighted by atomic mass is 9.83. The van der Waals surface area contributed by atoms with Crippen molar-refractivity contribution in [3.63, 3.8) is 0 Å². The first kappa shape index (κ1) is 21.1. The van der Waals surface area contributed by atoms with Gasteiger partial charge in [-0.05, 0) is 61.4 Å². The SMILES string of the molecule is CCC1C2(C)c3ccc(-c4nnc(-c5ccc(C(F)(F)F)cc5)o4)cc3-c3cccc[n+]3C12C. The first-order valence-corrected chi connectivity index (χ1v) is 11.4. The number of benzene rings is 2. The van der Waals surface area contributed by atoms with Gasteiger partial charge in [0.05, 0.1) is 16.5 Å². The van der Waals surface area contributed by atoms with Crippen LogP contribution in [0.4, 0.5) is 13.2 Å². The Morgan fingerprint density at radius 2 is 1.62 bits per heavy atom. The summed E-state index contributed by atoms with van der Waals surface area (Å²) in [6, 6.07) is 17.2. The van der Waals surface area contributed by atoms with E-state index in [9.17, 15) is 13.2 Å². The molecule has 0 spiro atoms. The van der Waals surface area contributed by atoms with Crippen molar-refractivity contribution in [3.05, 3.63) is 78.0 Å². The van der Waals surface area contributed by atoms with E-state index in [-0.39, 0.29) is 16.8 Å². The van der Waals surface area contributed by atoms with Crippen LogP contribution in [0.25, 0.3) is 34.2 Å². The van der Waals surface area contributed by atoms with Crippen molar-refractivity contribution in [2.24, 2.45) is 5.92 Å². The number of hydrogen-bond acceptors (Lipinski definition) is 3. The minimum Gasteiger partial charge on any atom is -0.416 e. The molecule has 2 aromatic heterocycles. The van der Waals surface area contributed by atoms with Gasteiger partial charge in [-0.1, -0.05) is 13.0 Å². The van der Waals surface area contributed by atoms with Crippen LogP contribution in [0, 0.1) is 5.92 Å². The normalized spacial score (nSPS) is 24.8. The zero-order valence-corrected chi connectivity index (χ0v) is 19.0. The zero-order valence-electron chi connectivity index (χ0n) is 19.0. The summed E-state index contributed by atoms with van der Waals surface area (Å²) in [5, 5.41) is 8.27. The Labute approximate surface area is 195 Å².